The number of nitrogens with zero attached hydrogens (tertiary/aromatic N) is 2. The fourth-order valence-corrected chi connectivity index (χ4v) is 2.33. The molecule has 0 aliphatic heterocycles. The van der Waals surface area contributed by atoms with E-state index in [1.807, 2.05) is 26.0 Å². The van der Waals surface area contributed by atoms with Crippen LogP contribution < -0.4 is 11.1 Å². The zero-order valence-electron chi connectivity index (χ0n) is 11.1. The largest absolute Gasteiger partial charge is 0.396 e. The van der Waals surface area contributed by atoms with Crippen molar-refractivity contribution in [1.29, 1.82) is 0 Å². The topological polar surface area (TPSA) is 84.1 Å². The van der Waals surface area contributed by atoms with Crippen LogP contribution in [0.15, 0.2) is 24.5 Å². The van der Waals surface area contributed by atoms with Gasteiger partial charge in [-0.15, -0.1) is 0 Å². The summed E-state index contributed by atoms with van der Waals surface area (Å²) in [4.78, 5) is 4.00. The number of nitrogens with one attached hydrogen (secondary N) is 1. The molecule has 2 aromatic heterocycles. The molecule has 4 N–H and O–H groups in total. The van der Waals surface area contributed by atoms with Crippen molar-refractivity contribution in [3.63, 3.8) is 0 Å². The molecule has 19 heavy (non-hydrogen) atoms. The highest BCUT2D eigenvalue weighted by Gasteiger charge is 2.19. The van der Waals surface area contributed by atoms with E-state index in [1.54, 1.807) is 12.4 Å². The van der Waals surface area contributed by atoms with Crippen LogP contribution in [0.2, 0.25) is 0 Å². The Hall–Kier alpha value is -1.66. The molecule has 0 aliphatic carbocycles. The van der Waals surface area contributed by atoms with Crippen molar-refractivity contribution in [3.8, 4) is 11.1 Å². The number of nitrogens with two attached hydrogens (primary N) is 1. The molecule has 2 rings (SSSR count). The molecule has 6 heteroatoms. The van der Waals surface area contributed by atoms with Crippen LogP contribution in [-0.2, 0) is 0 Å². The number of aliphatic hydroxyl groups is 1. The van der Waals surface area contributed by atoms with Gasteiger partial charge in [0.15, 0.2) is 0 Å². The molecule has 0 saturated heterocycles. The van der Waals surface area contributed by atoms with Crippen molar-refractivity contribution in [2.24, 2.45) is 5.41 Å². The van der Waals surface area contributed by atoms with Crippen molar-refractivity contribution < 1.29 is 5.11 Å². The summed E-state index contributed by atoms with van der Waals surface area (Å²) in [5.41, 5.74) is 7.64. The van der Waals surface area contributed by atoms with Gasteiger partial charge < -0.3 is 16.2 Å². The van der Waals surface area contributed by atoms with E-state index in [0.29, 0.717) is 12.4 Å². The predicted molar refractivity (Wildman–Crippen MR) is 79.1 cm³/mol. The molecule has 2 aromatic rings. The highest BCUT2D eigenvalue weighted by molar-refractivity contribution is 7.11. The lowest BCUT2D eigenvalue weighted by Gasteiger charge is -2.22. The predicted octanol–water partition coefficient (Wildman–Crippen LogP) is 2.22. The highest BCUT2D eigenvalue weighted by Crippen LogP contribution is 2.36. The van der Waals surface area contributed by atoms with Gasteiger partial charge >= 0.3 is 0 Å². The Morgan fingerprint density at radius 1 is 1.37 bits per heavy atom. The number of aromatic nitrogens is 2. The average molecular weight is 278 g/mol. The molecule has 0 saturated carbocycles. The molecular weight excluding hydrogens is 260 g/mol. The minimum atomic E-state index is -0.186. The molecule has 0 unspecified atom stereocenters. The molecule has 0 spiro atoms. The van der Waals surface area contributed by atoms with Crippen LogP contribution >= 0.6 is 11.5 Å². The van der Waals surface area contributed by atoms with Crippen LogP contribution in [0.4, 0.5) is 10.8 Å². The van der Waals surface area contributed by atoms with Gasteiger partial charge in [0.05, 0.1) is 5.56 Å². The molecule has 0 radical (unpaired) electrons. The Morgan fingerprint density at radius 3 is 2.68 bits per heavy atom. The van der Waals surface area contributed by atoms with Crippen molar-refractivity contribution in [1.82, 2.24) is 9.36 Å². The summed E-state index contributed by atoms with van der Waals surface area (Å²) < 4.78 is 4.19. The standard InChI is InChI=1S/C13H18N4OS/c1-13(2,8-18)7-16-12-10(11(14)17-19-12)9-3-5-15-6-4-9/h3-6,16,18H,7-8H2,1-2H3,(H2,14,17). The van der Waals surface area contributed by atoms with Gasteiger partial charge in [0.2, 0.25) is 0 Å². The van der Waals surface area contributed by atoms with Crippen molar-refractivity contribution in [2.75, 3.05) is 24.2 Å². The van der Waals surface area contributed by atoms with Gasteiger partial charge in [0, 0.05) is 31.0 Å². The summed E-state index contributed by atoms with van der Waals surface area (Å²) in [6, 6.07) is 3.81. The van der Waals surface area contributed by atoms with Gasteiger partial charge in [-0.05, 0) is 29.2 Å². The number of hydrogen-bond donors (Lipinski definition) is 3. The van der Waals surface area contributed by atoms with Gasteiger partial charge in [-0.1, -0.05) is 13.8 Å². The zero-order valence-corrected chi connectivity index (χ0v) is 11.9. The fourth-order valence-electron chi connectivity index (χ4n) is 1.60. The van der Waals surface area contributed by atoms with Crippen LogP contribution in [0.3, 0.4) is 0 Å². The van der Waals surface area contributed by atoms with Crippen LogP contribution in [0.25, 0.3) is 11.1 Å². The molecule has 0 bridgehead atoms. The zero-order chi connectivity index (χ0) is 13.9. The first-order valence-electron chi connectivity index (χ1n) is 6.04. The van der Waals surface area contributed by atoms with Gasteiger partial charge in [-0.2, -0.15) is 4.37 Å². The summed E-state index contributed by atoms with van der Waals surface area (Å²) in [6.45, 7) is 4.77. The smallest absolute Gasteiger partial charge is 0.147 e. The third kappa shape index (κ3) is 3.21. The molecule has 0 amide bonds. The molecular formula is C13H18N4OS. The maximum atomic E-state index is 9.28. The first-order chi connectivity index (χ1) is 9.03. The van der Waals surface area contributed by atoms with Crippen LogP contribution in [0.5, 0.6) is 0 Å². The van der Waals surface area contributed by atoms with Gasteiger partial charge in [-0.25, -0.2) is 0 Å². The Labute approximate surface area is 116 Å². The van der Waals surface area contributed by atoms with E-state index in [9.17, 15) is 5.11 Å². The fraction of sp³-hybridized carbons (Fsp3) is 0.385. The average Bonchev–Trinajstić information content (AvgIpc) is 2.79. The van der Waals surface area contributed by atoms with E-state index in [0.717, 1.165) is 16.1 Å². The van der Waals surface area contributed by atoms with Crippen LogP contribution in [0.1, 0.15) is 13.8 Å². The second-order valence-electron chi connectivity index (χ2n) is 5.18. The lowest BCUT2D eigenvalue weighted by Crippen LogP contribution is -2.26. The van der Waals surface area contributed by atoms with E-state index >= 15 is 0 Å². The Balaban J connectivity index is 2.24. The van der Waals surface area contributed by atoms with Gasteiger partial charge in [0.25, 0.3) is 0 Å². The summed E-state index contributed by atoms with van der Waals surface area (Å²) in [7, 11) is 0. The first-order valence-corrected chi connectivity index (χ1v) is 6.81. The van der Waals surface area contributed by atoms with Crippen LogP contribution in [-0.4, -0.2) is 27.6 Å². The maximum Gasteiger partial charge on any atom is 0.147 e. The van der Waals surface area contributed by atoms with Gasteiger partial charge in [-0.3, -0.25) is 4.98 Å². The number of rotatable bonds is 5. The Morgan fingerprint density at radius 2 is 2.05 bits per heavy atom. The molecule has 102 valence electrons. The Kier molecular flexibility index (Phi) is 4.01. The minimum Gasteiger partial charge on any atom is -0.396 e. The molecule has 0 aliphatic rings. The third-order valence-electron chi connectivity index (χ3n) is 2.84. The van der Waals surface area contributed by atoms with E-state index < -0.39 is 0 Å². The first kappa shape index (κ1) is 13.8. The van der Waals surface area contributed by atoms with Crippen molar-refractivity contribution >= 4 is 22.4 Å². The highest BCUT2D eigenvalue weighted by atomic mass is 32.1. The summed E-state index contributed by atoms with van der Waals surface area (Å²) in [5, 5.41) is 13.5. The number of anilines is 2. The molecule has 0 aromatic carbocycles. The van der Waals surface area contributed by atoms with E-state index in [4.69, 9.17) is 5.73 Å². The van der Waals surface area contributed by atoms with Gasteiger partial charge in [0.1, 0.15) is 10.8 Å². The normalized spacial score (nSPS) is 11.5. The lowest BCUT2D eigenvalue weighted by atomic mass is 9.95. The number of aliphatic hydroxyl groups excluding tert-OH is 1. The van der Waals surface area contributed by atoms with E-state index in [-0.39, 0.29) is 12.0 Å². The van der Waals surface area contributed by atoms with E-state index in [2.05, 4.69) is 14.7 Å². The van der Waals surface area contributed by atoms with Crippen molar-refractivity contribution in [3.05, 3.63) is 24.5 Å². The number of hydrogen-bond acceptors (Lipinski definition) is 6. The maximum absolute atomic E-state index is 9.28. The summed E-state index contributed by atoms with van der Waals surface area (Å²) in [5.74, 6) is 0.514. The molecule has 0 fully saturated rings. The van der Waals surface area contributed by atoms with Crippen molar-refractivity contribution in [2.45, 2.75) is 13.8 Å². The Bertz CT molecular complexity index is 539. The minimum absolute atomic E-state index is 0.124. The lowest BCUT2D eigenvalue weighted by molar-refractivity contribution is 0.171. The quantitative estimate of drug-likeness (QED) is 0.781. The SMILES string of the molecule is CC(C)(CO)CNc1snc(N)c1-c1ccncc1. The second kappa shape index (κ2) is 5.54. The number of nitrogen functional groups attached to an aromatic ring is 1. The molecule has 2 heterocycles. The summed E-state index contributed by atoms with van der Waals surface area (Å²) in [6.07, 6.45) is 3.46. The molecule has 0 atom stereocenters. The van der Waals surface area contributed by atoms with Crippen LogP contribution in [0, 0.1) is 5.41 Å². The summed E-state index contributed by atoms with van der Waals surface area (Å²) >= 11 is 1.33. The van der Waals surface area contributed by atoms with E-state index in [1.165, 1.54) is 11.5 Å². The number of pyridine rings is 1. The second-order valence-corrected chi connectivity index (χ2v) is 5.96. The molecule has 5 nitrogen and oxygen atoms in total. The monoisotopic (exact) mass is 278 g/mol. The third-order valence-corrected chi connectivity index (χ3v) is 3.66.